The van der Waals surface area contributed by atoms with Gasteiger partial charge in [-0.05, 0) is 26.8 Å². The highest BCUT2D eigenvalue weighted by molar-refractivity contribution is 5.81. The number of carbonyl (C=O) groups excluding carboxylic acids is 1. The number of hydrogen-bond donors (Lipinski definition) is 1. The maximum Gasteiger partial charge on any atom is 0.408 e. The van der Waals surface area contributed by atoms with Crippen LogP contribution in [0.3, 0.4) is 0 Å². The van der Waals surface area contributed by atoms with Crippen molar-refractivity contribution in [2.75, 3.05) is 0 Å². The summed E-state index contributed by atoms with van der Waals surface area (Å²) in [6.07, 6.45) is 0.820. The number of amides is 1. The van der Waals surface area contributed by atoms with E-state index in [4.69, 9.17) is 4.74 Å². The highest BCUT2D eigenvalue weighted by atomic mass is 16.6. The number of para-hydroxylation sites is 1. The SMILES string of the molecule is CC(C)(C)OC(=O)NC1Cn2c(=O)cnc3cccc1c32. The summed E-state index contributed by atoms with van der Waals surface area (Å²) in [4.78, 5) is 28.0. The number of ether oxygens (including phenoxy) is 1. The van der Waals surface area contributed by atoms with E-state index >= 15 is 0 Å². The van der Waals surface area contributed by atoms with E-state index in [-0.39, 0.29) is 11.6 Å². The normalized spacial score (nSPS) is 17.0. The molecule has 0 saturated carbocycles. The quantitative estimate of drug-likeness (QED) is 0.870. The molecule has 2 aromatic rings. The molecule has 0 radical (unpaired) electrons. The highest BCUT2D eigenvalue weighted by Gasteiger charge is 2.28. The number of carbonyl (C=O) groups is 1. The molecule has 1 aromatic carbocycles. The summed E-state index contributed by atoms with van der Waals surface area (Å²) in [6, 6.07) is 5.34. The van der Waals surface area contributed by atoms with Gasteiger partial charge in [0.2, 0.25) is 0 Å². The molecule has 1 aromatic heterocycles. The Labute approximate surface area is 121 Å². The van der Waals surface area contributed by atoms with Gasteiger partial charge in [0.25, 0.3) is 5.56 Å². The molecule has 0 saturated heterocycles. The van der Waals surface area contributed by atoms with E-state index in [2.05, 4.69) is 10.3 Å². The van der Waals surface area contributed by atoms with Crippen molar-refractivity contribution in [1.82, 2.24) is 14.9 Å². The lowest BCUT2D eigenvalue weighted by Gasteiger charge is -2.21. The summed E-state index contributed by atoms with van der Waals surface area (Å²) >= 11 is 0. The lowest BCUT2D eigenvalue weighted by atomic mass is 10.1. The van der Waals surface area contributed by atoms with Gasteiger partial charge in [0.1, 0.15) is 5.60 Å². The minimum Gasteiger partial charge on any atom is -0.444 e. The first kappa shape index (κ1) is 13.6. The van der Waals surface area contributed by atoms with E-state index in [0.29, 0.717) is 6.54 Å². The van der Waals surface area contributed by atoms with Gasteiger partial charge in [-0.25, -0.2) is 9.78 Å². The molecular formula is C15H17N3O3. The van der Waals surface area contributed by atoms with Crippen molar-refractivity contribution in [3.05, 3.63) is 40.3 Å². The van der Waals surface area contributed by atoms with Crippen LogP contribution in [0, 0.1) is 0 Å². The molecule has 1 aliphatic heterocycles. The van der Waals surface area contributed by atoms with Gasteiger partial charge in [-0.2, -0.15) is 0 Å². The zero-order valence-corrected chi connectivity index (χ0v) is 12.2. The van der Waals surface area contributed by atoms with E-state index < -0.39 is 11.7 Å². The Bertz CT molecular complexity index is 774. The zero-order valence-electron chi connectivity index (χ0n) is 12.2. The first-order valence-electron chi connectivity index (χ1n) is 6.83. The van der Waals surface area contributed by atoms with Crippen molar-refractivity contribution in [3.63, 3.8) is 0 Å². The van der Waals surface area contributed by atoms with Crippen LogP contribution in [-0.2, 0) is 11.3 Å². The van der Waals surface area contributed by atoms with Crippen molar-refractivity contribution in [1.29, 1.82) is 0 Å². The molecule has 1 atom stereocenters. The van der Waals surface area contributed by atoms with Gasteiger partial charge in [0.15, 0.2) is 0 Å². The second-order valence-corrected chi connectivity index (χ2v) is 6.12. The van der Waals surface area contributed by atoms with Crippen LogP contribution in [0.4, 0.5) is 4.79 Å². The summed E-state index contributed by atoms with van der Waals surface area (Å²) in [5, 5.41) is 2.82. The van der Waals surface area contributed by atoms with Crippen LogP contribution < -0.4 is 10.9 Å². The number of nitrogens with one attached hydrogen (secondary N) is 1. The monoisotopic (exact) mass is 287 g/mol. The average Bonchev–Trinajstić information content (AvgIpc) is 2.73. The fourth-order valence-electron chi connectivity index (χ4n) is 2.57. The summed E-state index contributed by atoms with van der Waals surface area (Å²) in [5.41, 5.74) is 1.71. The summed E-state index contributed by atoms with van der Waals surface area (Å²) in [7, 11) is 0. The van der Waals surface area contributed by atoms with E-state index in [0.717, 1.165) is 16.6 Å². The Hall–Kier alpha value is -2.37. The van der Waals surface area contributed by atoms with Gasteiger partial charge in [-0.3, -0.25) is 4.79 Å². The van der Waals surface area contributed by atoms with Crippen molar-refractivity contribution in [2.45, 2.75) is 39.0 Å². The zero-order chi connectivity index (χ0) is 15.2. The first-order valence-corrected chi connectivity index (χ1v) is 6.83. The summed E-state index contributed by atoms with van der Waals surface area (Å²) in [6.45, 7) is 5.83. The molecule has 6 heteroatoms. The Kier molecular flexibility index (Phi) is 2.97. The Morgan fingerprint density at radius 3 is 2.90 bits per heavy atom. The minimum atomic E-state index is -0.556. The number of benzene rings is 1. The molecule has 2 heterocycles. The number of rotatable bonds is 1. The largest absolute Gasteiger partial charge is 0.444 e. The predicted molar refractivity (Wildman–Crippen MR) is 78.1 cm³/mol. The molecule has 1 N–H and O–H groups in total. The third-order valence-corrected chi connectivity index (χ3v) is 3.33. The second kappa shape index (κ2) is 4.58. The molecule has 1 amide bonds. The van der Waals surface area contributed by atoms with E-state index in [1.165, 1.54) is 6.20 Å². The molecule has 6 nitrogen and oxygen atoms in total. The fraction of sp³-hybridized carbons (Fsp3) is 0.400. The molecule has 21 heavy (non-hydrogen) atoms. The molecule has 0 bridgehead atoms. The molecule has 1 aliphatic rings. The van der Waals surface area contributed by atoms with E-state index in [9.17, 15) is 9.59 Å². The number of hydrogen-bond acceptors (Lipinski definition) is 4. The van der Waals surface area contributed by atoms with Gasteiger partial charge in [-0.1, -0.05) is 12.1 Å². The number of nitrogens with zero attached hydrogens (tertiary/aromatic N) is 2. The van der Waals surface area contributed by atoms with Crippen LogP contribution in [0.1, 0.15) is 32.4 Å². The standard InChI is InChI=1S/C15H17N3O3/c1-15(2,3)21-14(20)17-11-8-18-12(19)7-16-10-6-4-5-9(11)13(10)18/h4-7,11H,8H2,1-3H3,(H,17,20). The van der Waals surface area contributed by atoms with E-state index in [1.807, 2.05) is 39.0 Å². The highest BCUT2D eigenvalue weighted by Crippen LogP contribution is 2.29. The molecule has 3 rings (SSSR count). The van der Waals surface area contributed by atoms with Crippen LogP contribution >= 0.6 is 0 Å². The number of alkyl carbamates (subject to hydrolysis) is 1. The average molecular weight is 287 g/mol. The van der Waals surface area contributed by atoms with Crippen LogP contribution in [0.15, 0.2) is 29.2 Å². The first-order chi connectivity index (χ1) is 9.85. The fourth-order valence-corrected chi connectivity index (χ4v) is 2.57. The van der Waals surface area contributed by atoms with Gasteiger partial charge in [0.05, 0.1) is 29.8 Å². The Morgan fingerprint density at radius 1 is 1.43 bits per heavy atom. The predicted octanol–water partition coefficient (Wildman–Crippen LogP) is 1.98. The van der Waals surface area contributed by atoms with Gasteiger partial charge < -0.3 is 14.6 Å². The maximum atomic E-state index is 11.9. The lowest BCUT2D eigenvalue weighted by molar-refractivity contribution is 0.0501. The summed E-state index contributed by atoms with van der Waals surface area (Å²) in [5.74, 6) is 0. The van der Waals surface area contributed by atoms with Crippen molar-refractivity contribution >= 4 is 17.1 Å². The van der Waals surface area contributed by atoms with Gasteiger partial charge >= 0.3 is 6.09 Å². The Morgan fingerprint density at radius 2 is 2.19 bits per heavy atom. The van der Waals surface area contributed by atoms with Gasteiger partial charge in [0, 0.05) is 5.56 Å². The topological polar surface area (TPSA) is 73.2 Å². The van der Waals surface area contributed by atoms with Crippen molar-refractivity contribution in [3.8, 4) is 0 Å². The lowest BCUT2D eigenvalue weighted by Crippen LogP contribution is -2.35. The second-order valence-electron chi connectivity index (χ2n) is 6.12. The number of aromatic nitrogens is 2. The summed E-state index contributed by atoms with van der Waals surface area (Å²) < 4.78 is 6.91. The molecule has 1 unspecified atom stereocenters. The maximum absolute atomic E-state index is 11.9. The van der Waals surface area contributed by atoms with Crippen molar-refractivity contribution < 1.29 is 9.53 Å². The molecule has 0 aliphatic carbocycles. The van der Waals surface area contributed by atoms with E-state index in [1.54, 1.807) is 4.57 Å². The smallest absolute Gasteiger partial charge is 0.408 e. The van der Waals surface area contributed by atoms with Gasteiger partial charge in [-0.15, -0.1) is 0 Å². The van der Waals surface area contributed by atoms with Crippen LogP contribution in [-0.4, -0.2) is 21.2 Å². The van der Waals surface area contributed by atoms with Crippen molar-refractivity contribution in [2.24, 2.45) is 0 Å². The van der Waals surface area contributed by atoms with Crippen LogP contribution in [0.25, 0.3) is 11.0 Å². The molecule has 0 fully saturated rings. The third-order valence-electron chi connectivity index (χ3n) is 3.33. The minimum absolute atomic E-state index is 0.163. The van der Waals surface area contributed by atoms with Crippen LogP contribution in [0.2, 0.25) is 0 Å². The molecule has 0 spiro atoms. The molecule has 110 valence electrons. The Balaban J connectivity index is 1.93. The molecular weight excluding hydrogens is 270 g/mol. The third kappa shape index (κ3) is 2.49. The van der Waals surface area contributed by atoms with Crippen LogP contribution in [0.5, 0.6) is 0 Å².